The van der Waals surface area contributed by atoms with E-state index in [2.05, 4.69) is 23.3 Å². The second kappa shape index (κ2) is 7.28. The van der Waals surface area contributed by atoms with Gasteiger partial charge in [0, 0.05) is 17.8 Å². The lowest BCUT2D eigenvalue weighted by Crippen LogP contribution is -2.11. The van der Waals surface area contributed by atoms with Gasteiger partial charge < -0.3 is 5.32 Å². The Kier molecular flexibility index (Phi) is 4.81. The van der Waals surface area contributed by atoms with Crippen LogP contribution in [0.2, 0.25) is 0 Å². The van der Waals surface area contributed by atoms with Crippen LogP contribution in [0.25, 0.3) is 20.8 Å². The molecule has 1 N–H and O–H groups in total. The molecule has 0 radical (unpaired) electrons. The highest BCUT2D eigenvalue weighted by atomic mass is 32.1. The highest BCUT2D eigenvalue weighted by molar-refractivity contribution is 7.21. The van der Waals surface area contributed by atoms with Crippen molar-refractivity contribution in [2.75, 3.05) is 5.32 Å². The fourth-order valence-electron chi connectivity index (χ4n) is 3.03. The van der Waals surface area contributed by atoms with Crippen LogP contribution in [0.1, 0.15) is 16.7 Å². The number of hydrogen-bond acceptors (Lipinski definition) is 3. The molecule has 0 saturated heterocycles. The normalized spacial score (nSPS) is 11.7. The minimum atomic E-state index is -4.35. The van der Waals surface area contributed by atoms with Crippen molar-refractivity contribution in [2.24, 2.45) is 0 Å². The number of rotatable bonds is 4. The quantitative estimate of drug-likeness (QED) is 0.404. The fourth-order valence-corrected chi connectivity index (χ4v) is 4.10. The zero-order valence-corrected chi connectivity index (χ0v) is 15.9. The molecule has 0 aliphatic heterocycles. The third-order valence-electron chi connectivity index (χ3n) is 4.48. The van der Waals surface area contributed by atoms with E-state index in [4.69, 9.17) is 0 Å². The van der Waals surface area contributed by atoms with Crippen molar-refractivity contribution in [3.8, 4) is 10.6 Å². The average Bonchev–Trinajstić information content (AvgIpc) is 3.09. The third-order valence-corrected chi connectivity index (χ3v) is 5.55. The second-order valence-corrected chi connectivity index (χ2v) is 7.61. The molecule has 0 atom stereocenters. The third kappa shape index (κ3) is 3.87. The number of aryl methyl sites for hydroxylation is 1. The number of alkyl halides is 3. The summed E-state index contributed by atoms with van der Waals surface area (Å²) in [5.41, 5.74) is 3.53. The summed E-state index contributed by atoms with van der Waals surface area (Å²) in [6, 6.07) is 19.4. The van der Waals surface area contributed by atoms with Crippen molar-refractivity contribution in [1.29, 1.82) is 0 Å². The van der Waals surface area contributed by atoms with Gasteiger partial charge in [0.25, 0.3) is 0 Å². The second-order valence-electron chi connectivity index (χ2n) is 6.58. The molecule has 0 saturated carbocycles. The van der Waals surface area contributed by atoms with Gasteiger partial charge in [-0.15, -0.1) is 11.3 Å². The van der Waals surface area contributed by atoms with Gasteiger partial charge in [0.2, 0.25) is 0 Å². The van der Waals surface area contributed by atoms with E-state index < -0.39 is 11.7 Å². The first-order valence-corrected chi connectivity index (χ1v) is 9.58. The molecule has 1 heterocycles. The van der Waals surface area contributed by atoms with Crippen molar-refractivity contribution in [2.45, 2.75) is 19.6 Å². The van der Waals surface area contributed by atoms with Crippen LogP contribution in [0.15, 0.2) is 66.7 Å². The lowest BCUT2D eigenvalue weighted by Gasteiger charge is -2.14. The monoisotopic (exact) mass is 398 g/mol. The lowest BCUT2D eigenvalue weighted by atomic mass is 10.1. The number of nitrogens with zero attached hydrogens (tertiary/aromatic N) is 1. The minimum absolute atomic E-state index is 0.107. The maximum absolute atomic E-state index is 13.1. The molecule has 0 unspecified atom stereocenters. The molecule has 4 aromatic rings. The van der Waals surface area contributed by atoms with E-state index in [-0.39, 0.29) is 12.1 Å². The Labute approximate surface area is 164 Å². The first-order chi connectivity index (χ1) is 13.4. The summed E-state index contributed by atoms with van der Waals surface area (Å²) < 4.78 is 40.4. The molecule has 2 nitrogen and oxygen atoms in total. The molecule has 3 aromatic carbocycles. The molecular formula is C22H17F3N2S. The molecule has 0 aliphatic carbocycles. The van der Waals surface area contributed by atoms with E-state index >= 15 is 0 Å². The molecule has 0 aliphatic rings. The Bertz CT molecular complexity index is 1110. The predicted molar refractivity (Wildman–Crippen MR) is 109 cm³/mol. The number of fused-ring (bicyclic) bond motifs is 1. The van der Waals surface area contributed by atoms with E-state index in [1.807, 2.05) is 36.4 Å². The van der Waals surface area contributed by atoms with Gasteiger partial charge in [-0.25, -0.2) is 4.98 Å². The molecule has 0 spiro atoms. The summed E-state index contributed by atoms with van der Waals surface area (Å²) in [4.78, 5) is 4.66. The van der Waals surface area contributed by atoms with Crippen molar-refractivity contribution in [1.82, 2.24) is 4.98 Å². The van der Waals surface area contributed by atoms with Gasteiger partial charge in [0.15, 0.2) is 0 Å². The van der Waals surface area contributed by atoms with E-state index in [0.29, 0.717) is 0 Å². The maximum Gasteiger partial charge on any atom is 0.416 e. The summed E-state index contributed by atoms with van der Waals surface area (Å²) in [5.74, 6) is 0. The highest BCUT2D eigenvalue weighted by Crippen LogP contribution is 2.33. The van der Waals surface area contributed by atoms with Gasteiger partial charge in [-0.05, 0) is 60.5 Å². The Morgan fingerprint density at radius 2 is 1.71 bits per heavy atom. The van der Waals surface area contributed by atoms with Crippen LogP contribution in [0.5, 0.6) is 0 Å². The summed E-state index contributed by atoms with van der Waals surface area (Å²) in [7, 11) is 0. The average molecular weight is 398 g/mol. The lowest BCUT2D eigenvalue weighted by molar-refractivity contribution is -0.138. The van der Waals surface area contributed by atoms with Gasteiger partial charge in [0.1, 0.15) is 5.01 Å². The summed E-state index contributed by atoms with van der Waals surface area (Å²) >= 11 is 1.63. The van der Waals surface area contributed by atoms with E-state index in [1.54, 1.807) is 17.4 Å². The van der Waals surface area contributed by atoms with E-state index in [9.17, 15) is 13.2 Å². The number of hydrogen-bond donors (Lipinski definition) is 1. The van der Waals surface area contributed by atoms with Crippen molar-refractivity contribution in [3.05, 3.63) is 83.4 Å². The minimum Gasteiger partial charge on any atom is -0.381 e. The standard InChI is InChI=1S/C22H17F3N2S/c1-14-6-11-19-20(12-14)28-21(27-19)15-7-9-17(10-8-15)26-13-16-4-2-3-5-18(16)22(23,24)25/h2-12,26H,13H2,1H3. The predicted octanol–water partition coefficient (Wildman–Crippen LogP) is 6.90. The van der Waals surface area contributed by atoms with E-state index in [0.717, 1.165) is 32.5 Å². The number of nitrogens with one attached hydrogen (secondary N) is 1. The summed E-state index contributed by atoms with van der Waals surface area (Å²) in [6.07, 6.45) is -4.35. The molecule has 28 heavy (non-hydrogen) atoms. The number of anilines is 1. The highest BCUT2D eigenvalue weighted by Gasteiger charge is 2.32. The zero-order chi connectivity index (χ0) is 19.7. The molecule has 1 aromatic heterocycles. The number of aromatic nitrogens is 1. The van der Waals surface area contributed by atoms with Crippen LogP contribution in [0.3, 0.4) is 0 Å². The molecule has 6 heteroatoms. The first-order valence-electron chi connectivity index (χ1n) is 8.77. The van der Waals surface area contributed by atoms with Gasteiger partial charge in [-0.3, -0.25) is 0 Å². The Morgan fingerprint density at radius 3 is 2.46 bits per heavy atom. The van der Waals surface area contributed by atoms with Crippen LogP contribution in [0.4, 0.5) is 18.9 Å². The Balaban J connectivity index is 1.51. The van der Waals surface area contributed by atoms with Gasteiger partial charge in [-0.2, -0.15) is 13.2 Å². The first kappa shape index (κ1) is 18.5. The van der Waals surface area contributed by atoms with Crippen molar-refractivity contribution in [3.63, 3.8) is 0 Å². The SMILES string of the molecule is Cc1ccc2nc(-c3ccc(NCc4ccccc4C(F)(F)F)cc3)sc2c1. The summed E-state index contributed by atoms with van der Waals surface area (Å²) in [5, 5.41) is 3.99. The van der Waals surface area contributed by atoms with Crippen molar-refractivity contribution >= 4 is 27.2 Å². The Morgan fingerprint density at radius 1 is 0.964 bits per heavy atom. The van der Waals surface area contributed by atoms with Gasteiger partial charge in [0.05, 0.1) is 15.8 Å². The number of halogens is 3. The fraction of sp³-hybridized carbons (Fsp3) is 0.136. The smallest absolute Gasteiger partial charge is 0.381 e. The topological polar surface area (TPSA) is 24.9 Å². The zero-order valence-electron chi connectivity index (χ0n) is 15.0. The van der Waals surface area contributed by atoms with E-state index in [1.165, 1.54) is 17.7 Å². The molecule has 142 valence electrons. The molecule has 0 fully saturated rings. The Hall–Kier alpha value is -2.86. The molecule has 0 bridgehead atoms. The number of benzene rings is 3. The van der Waals surface area contributed by atoms with Crippen LogP contribution in [-0.4, -0.2) is 4.98 Å². The number of thiazole rings is 1. The molecular weight excluding hydrogens is 381 g/mol. The maximum atomic E-state index is 13.1. The van der Waals surface area contributed by atoms with Gasteiger partial charge in [-0.1, -0.05) is 24.3 Å². The van der Waals surface area contributed by atoms with Crippen LogP contribution < -0.4 is 5.32 Å². The van der Waals surface area contributed by atoms with Crippen LogP contribution >= 0.6 is 11.3 Å². The van der Waals surface area contributed by atoms with Crippen LogP contribution in [0, 0.1) is 6.92 Å². The van der Waals surface area contributed by atoms with Crippen molar-refractivity contribution < 1.29 is 13.2 Å². The summed E-state index contributed by atoms with van der Waals surface area (Å²) in [6.45, 7) is 2.16. The van der Waals surface area contributed by atoms with Crippen LogP contribution in [-0.2, 0) is 12.7 Å². The molecule has 4 rings (SSSR count). The van der Waals surface area contributed by atoms with Gasteiger partial charge >= 0.3 is 6.18 Å². The largest absolute Gasteiger partial charge is 0.416 e. The molecule has 0 amide bonds.